The summed E-state index contributed by atoms with van der Waals surface area (Å²) in [4.78, 5) is 37.2. The molecular weight excluding hydrogens is 330 g/mol. The van der Waals surface area contributed by atoms with E-state index in [9.17, 15) is 14.4 Å². The summed E-state index contributed by atoms with van der Waals surface area (Å²) < 4.78 is 0. The smallest absolute Gasteiger partial charge is 0.251 e. The van der Waals surface area contributed by atoms with E-state index in [2.05, 4.69) is 10.6 Å². The lowest BCUT2D eigenvalue weighted by molar-refractivity contribution is -0.117. The van der Waals surface area contributed by atoms with Crippen molar-refractivity contribution in [3.05, 3.63) is 59.7 Å². The minimum Gasteiger partial charge on any atom is -0.348 e. The van der Waals surface area contributed by atoms with Crippen molar-refractivity contribution in [2.45, 2.75) is 26.3 Å². The summed E-state index contributed by atoms with van der Waals surface area (Å²) in [6.45, 7) is 2.49. The maximum absolute atomic E-state index is 12.4. The molecule has 6 nitrogen and oxygen atoms in total. The van der Waals surface area contributed by atoms with Crippen LogP contribution in [0.15, 0.2) is 48.5 Å². The summed E-state index contributed by atoms with van der Waals surface area (Å²) in [6, 6.07) is 14.4. The van der Waals surface area contributed by atoms with Crippen LogP contribution in [0, 0.1) is 0 Å². The van der Waals surface area contributed by atoms with Crippen LogP contribution in [0.5, 0.6) is 0 Å². The average Bonchev–Trinajstić information content (AvgIpc) is 3.05. The molecule has 1 aliphatic rings. The van der Waals surface area contributed by atoms with E-state index in [1.54, 1.807) is 29.2 Å². The topological polar surface area (TPSA) is 78.5 Å². The molecule has 0 aromatic heterocycles. The lowest BCUT2D eigenvalue weighted by Crippen LogP contribution is -2.25. The van der Waals surface area contributed by atoms with Crippen molar-refractivity contribution in [2.75, 3.05) is 16.8 Å². The number of hydrogen-bond acceptors (Lipinski definition) is 3. The molecule has 26 heavy (non-hydrogen) atoms. The van der Waals surface area contributed by atoms with Gasteiger partial charge in [0.25, 0.3) is 5.91 Å². The van der Waals surface area contributed by atoms with E-state index in [1.165, 1.54) is 6.92 Å². The Hall–Kier alpha value is -3.15. The minimum atomic E-state index is -0.205. The van der Waals surface area contributed by atoms with Gasteiger partial charge in [0, 0.05) is 43.4 Å². The van der Waals surface area contributed by atoms with Gasteiger partial charge >= 0.3 is 0 Å². The lowest BCUT2D eigenvalue weighted by atomic mass is 10.1. The molecule has 1 aliphatic heterocycles. The number of rotatable bonds is 5. The molecule has 0 bridgehead atoms. The predicted molar refractivity (Wildman–Crippen MR) is 99.9 cm³/mol. The molecule has 3 rings (SSSR count). The van der Waals surface area contributed by atoms with Crippen LogP contribution in [0.25, 0.3) is 0 Å². The number of anilines is 2. The fraction of sp³-hybridized carbons (Fsp3) is 0.250. The Morgan fingerprint density at radius 2 is 1.92 bits per heavy atom. The van der Waals surface area contributed by atoms with Gasteiger partial charge in [0.1, 0.15) is 0 Å². The highest BCUT2D eigenvalue weighted by molar-refractivity contribution is 5.99. The molecule has 6 heteroatoms. The van der Waals surface area contributed by atoms with E-state index in [0.717, 1.165) is 17.7 Å². The van der Waals surface area contributed by atoms with Crippen molar-refractivity contribution in [1.29, 1.82) is 0 Å². The molecule has 0 radical (unpaired) electrons. The monoisotopic (exact) mass is 351 g/mol. The molecule has 0 aliphatic carbocycles. The zero-order valence-corrected chi connectivity index (χ0v) is 14.6. The van der Waals surface area contributed by atoms with Crippen molar-refractivity contribution in [3.8, 4) is 0 Å². The zero-order valence-electron chi connectivity index (χ0n) is 14.6. The van der Waals surface area contributed by atoms with E-state index < -0.39 is 0 Å². The second-order valence-electron chi connectivity index (χ2n) is 6.26. The number of carbonyl (C=O) groups is 3. The first-order valence-corrected chi connectivity index (χ1v) is 8.58. The van der Waals surface area contributed by atoms with Gasteiger partial charge in [0.05, 0.1) is 0 Å². The summed E-state index contributed by atoms with van der Waals surface area (Å²) in [5.74, 6) is -0.250. The van der Waals surface area contributed by atoms with Crippen LogP contribution in [0.4, 0.5) is 11.4 Å². The van der Waals surface area contributed by atoms with Gasteiger partial charge in [-0.2, -0.15) is 0 Å². The van der Waals surface area contributed by atoms with Gasteiger partial charge in [-0.05, 0) is 42.3 Å². The number of amides is 3. The Morgan fingerprint density at radius 1 is 1.12 bits per heavy atom. The molecule has 2 aromatic rings. The Morgan fingerprint density at radius 3 is 2.65 bits per heavy atom. The molecule has 134 valence electrons. The van der Waals surface area contributed by atoms with Crippen molar-refractivity contribution >= 4 is 29.1 Å². The standard InChI is InChI=1S/C20H21N3O3/c1-14(24)22-17-7-2-5-15(11-17)13-21-20(26)16-6-3-8-18(12-16)23-10-4-9-19(23)25/h2-3,5-8,11-12H,4,9-10,13H2,1H3,(H,21,26)(H,22,24). The Labute approximate surface area is 152 Å². The average molecular weight is 351 g/mol. The van der Waals surface area contributed by atoms with Gasteiger partial charge in [-0.3, -0.25) is 14.4 Å². The number of nitrogens with one attached hydrogen (secondary N) is 2. The van der Waals surface area contributed by atoms with Gasteiger partial charge in [0.15, 0.2) is 0 Å². The number of carbonyl (C=O) groups excluding carboxylic acids is 3. The van der Waals surface area contributed by atoms with E-state index in [4.69, 9.17) is 0 Å². The fourth-order valence-electron chi connectivity index (χ4n) is 2.98. The van der Waals surface area contributed by atoms with Gasteiger partial charge in [-0.15, -0.1) is 0 Å². The van der Waals surface area contributed by atoms with Crippen LogP contribution >= 0.6 is 0 Å². The maximum Gasteiger partial charge on any atom is 0.251 e. The fourth-order valence-corrected chi connectivity index (χ4v) is 2.98. The molecule has 2 N–H and O–H groups in total. The van der Waals surface area contributed by atoms with E-state index in [0.29, 0.717) is 30.8 Å². The lowest BCUT2D eigenvalue weighted by Gasteiger charge is -2.16. The molecule has 0 atom stereocenters. The third-order valence-corrected chi connectivity index (χ3v) is 4.19. The van der Waals surface area contributed by atoms with Crippen LogP contribution < -0.4 is 15.5 Å². The molecule has 1 fully saturated rings. The van der Waals surface area contributed by atoms with Crippen molar-refractivity contribution < 1.29 is 14.4 Å². The molecule has 0 spiro atoms. The Balaban J connectivity index is 1.65. The van der Waals surface area contributed by atoms with Gasteiger partial charge in [-0.1, -0.05) is 18.2 Å². The molecule has 0 saturated carbocycles. The molecule has 2 aromatic carbocycles. The van der Waals surface area contributed by atoms with E-state index in [1.807, 2.05) is 24.3 Å². The normalized spacial score (nSPS) is 13.6. The third kappa shape index (κ3) is 4.27. The zero-order chi connectivity index (χ0) is 18.5. The molecular formula is C20H21N3O3. The first-order chi connectivity index (χ1) is 12.5. The van der Waals surface area contributed by atoms with Crippen LogP contribution in [0.1, 0.15) is 35.7 Å². The SMILES string of the molecule is CC(=O)Nc1cccc(CNC(=O)c2cccc(N3CCCC3=O)c2)c1. The molecule has 3 amide bonds. The highest BCUT2D eigenvalue weighted by Crippen LogP contribution is 2.22. The summed E-state index contributed by atoms with van der Waals surface area (Å²) in [5, 5.41) is 5.59. The van der Waals surface area contributed by atoms with Crippen molar-refractivity contribution in [3.63, 3.8) is 0 Å². The number of nitrogens with zero attached hydrogens (tertiary/aromatic N) is 1. The summed E-state index contributed by atoms with van der Waals surface area (Å²) in [7, 11) is 0. The summed E-state index contributed by atoms with van der Waals surface area (Å²) >= 11 is 0. The van der Waals surface area contributed by atoms with E-state index in [-0.39, 0.29) is 17.7 Å². The third-order valence-electron chi connectivity index (χ3n) is 4.19. The minimum absolute atomic E-state index is 0.0948. The molecule has 0 unspecified atom stereocenters. The van der Waals surface area contributed by atoms with E-state index >= 15 is 0 Å². The highest BCUT2D eigenvalue weighted by atomic mass is 16.2. The predicted octanol–water partition coefficient (Wildman–Crippen LogP) is 2.70. The largest absolute Gasteiger partial charge is 0.348 e. The quantitative estimate of drug-likeness (QED) is 0.869. The van der Waals surface area contributed by atoms with Gasteiger partial charge in [-0.25, -0.2) is 0 Å². The summed E-state index contributed by atoms with van der Waals surface area (Å²) in [6.07, 6.45) is 1.40. The van der Waals surface area contributed by atoms with Gasteiger partial charge in [0.2, 0.25) is 11.8 Å². The second kappa shape index (κ2) is 7.82. The highest BCUT2D eigenvalue weighted by Gasteiger charge is 2.22. The van der Waals surface area contributed by atoms with Crippen molar-refractivity contribution in [2.24, 2.45) is 0 Å². The van der Waals surface area contributed by atoms with Crippen molar-refractivity contribution in [1.82, 2.24) is 5.32 Å². The molecule has 1 heterocycles. The number of hydrogen-bond donors (Lipinski definition) is 2. The van der Waals surface area contributed by atoms with Crippen LogP contribution in [-0.2, 0) is 16.1 Å². The number of benzene rings is 2. The Kier molecular flexibility index (Phi) is 5.31. The Bertz CT molecular complexity index is 848. The molecule has 1 saturated heterocycles. The maximum atomic E-state index is 12.4. The van der Waals surface area contributed by atoms with Crippen LogP contribution in [-0.4, -0.2) is 24.3 Å². The first-order valence-electron chi connectivity index (χ1n) is 8.58. The summed E-state index contributed by atoms with van der Waals surface area (Å²) in [5.41, 5.74) is 2.85. The van der Waals surface area contributed by atoms with Gasteiger partial charge < -0.3 is 15.5 Å². The van der Waals surface area contributed by atoms with Crippen LogP contribution in [0.3, 0.4) is 0 Å². The van der Waals surface area contributed by atoms with Crippen LogP contribution in [0.2, 0.25) is 0 Å². The first kappa shape index (κ1) is 17.7. The second-order valence-corrected chi connectivity index (χ2v) is 6.26.